The van der Waals surface area contributed by atoms with E-state index in [9.17, 15) is 4.79 Å². The van der Waals surface area contributed by atoms with Crippen LogP contribution in [0.15, 0.2) is 37.0 Å². The van der Waals surface area contributed by atoms with Crippen molar-refractivity contribution < 1.29 is 9.90 Å². The van der Waals surface area contributed by atoms with E-state index in [1.54, 1.807) is 18.0 Å². The maximum absolute atomic E-state index is 10.3. The van der Waals surface area contributed by atoms with Gasteiger partial charge in [-0.25, -0.2) is 0 Å². The summed E-state index contributed by atoms with van der Waals surface area (Å²) in [6.07, 6.45) is 11.8. The van der Waals surface area contributed by atoms with E-state index in [1.165, 1.54) is 12.8 Å². The number of likely N-dealkylation sites (N-methyl/N-ethyl adjacent to an activating group) is 1. The summed E-state index contributed by atoms with van der Waals surface area (Å²) in [7, 11) is 1.76. The van der Waals surface area contributed by atoms with Crippen LogP contribution in [0.2, 0.25) is 0 Å². The first kappa shape index (κ1) is 20.0. The quantitative estimate of drug-likeness (QED) is 0.681. The molecule has 3 heteroatoms. The molecule has 19 heavy (non-hydrogen) atoms. The van der Waals surface area contributed by atoms with E-state index in [0.29, 0.717) is 6.54 Å². The average Bonchev–Trinajstić information content (AvgIpc) is 2.28. The van der Waals surface area contributed by atoms with Crippen LogP contribution in [0.25, 0.3) is 0 Å². The highest BCUT2D eigenvalue weighted by Crippen LogP contribution is 2.00. The van der Waals surface area contributed by atoms with Crippen molar-refractivity contribution >= 4 is 5.97 Å². The molecule has 0 aliphatic rings. The van der Waals surface area contributed by atoms with Crippen LogP contribution in [0.5, 0.6) is 0 Å². The first-order valence-corrected chi connectivity index (χ1v) is 6.78. The molecule has 110 valence electrons. The number of allylic oxidation sites excluding steroid dienone is 4. The second-order valence-corrected chi connectivity index (χ2v) is 4.82. The van der Waals surface area contributed by atoms with E-state index in [2.05, 4.69) is 27.4 Å². The van der Waals surface area contributed by atoms with Crippen LogP contribution in [-0.4, -0.2) is 36.1 Å². The molecule has 1 N–H and O–H groups in total. The highest BCUT2D eigenvalue weighted by molar-refractivity contribution is 5.69. The molecule has 3 nitrogen and oxygen atoms in total. The first-order valence-electron chi connectivity index (χ1n) is 6.78. The molecule has 0 fully saturated rings. The van der Waals surface area contributed by atoms with Gasteiger partial charge in [-0.15, -0.1) is 0 Å². The summed E-state index contributed by atoms with van der Waals surface area (Å²) in [4.78, 5) is 12.0. The summed E-state index contributed by atoms with van der Waals surface area (Å²) in [6.45, 7) is 11.0. The Labute approximate surface area is 118 Å². The smallest absolute Gasteiger partial charge is 0.317 e. The summed E-state index contributed by atoms with van der Waals surface area (Å²) in [5.41, 5.74) is 0. The topological polar surface area (TPSA) is 40.5 Å². The van der Waals surface area contributed by atoms with Crippen molar-refractivity contribution in [1.29, 1.82) is 0 Å². The van der Waals surface area contributed by atoms with Crippen molar-refractivity contribution in [3.8, 4) is 0 Å². The number of aliphatic carboxylic acids is 1. The fraction of sp³-hybridized carbons (Fsp3) is 0.562. The van der Waals surface area contributed by atoms with Gasteiger partial charge < -0.3 is 5.11 Å². The van der Waals surface area contributed by atoms with E-state index in [1.807, 2.05) is 24.3 Å². The van der Waals surface area contributed by atoms with Crippen molar-refractivity contribution in [3.63, 3.8) is 0 Å². The van der Waals surface area contributed by atoms with Crippen molar-refractivity contribution in [1.82, 2.24) is 4.90 Å². The molecule has 0 aromatic heterocycles. The molecule has 0 spiro atoms. The lowest BCUT2D eigenvalue weighted by molar-refractivity contribution is -0.137. The van der Waals surface area contributed by atoms with Crippen LogP contribution in [0.4, 0.5) is 0 Å². The minimum atomic E-state index is -0.808. The standard InChI is InChI=1S/C10H15NO2.C6H14/c1-3-4-5-6-7-8-11(2)9-10(12)13;1-4-5-6(2)3/h3-7H,1,8-9H2,2H3,(H,12,13);6H,4-5H2,1-3H3/b5-4-,7-6+;. The van der Waals surface area contributed by atoms with Crippen LogP contribution < -0.4 is 0 Å². The zero-order valence-electron chi connectivity index (χ0n) is 12.8. The Balaban J connectivity index is 0. The highest BCUT2D eigenvalue weighted by atomic mass is 16.4. The largest absolute Gasteiger partial charge is 0.480 e. The Bertz CT molecular complexity index is 280. The maximum atomic E-state index is 10.3. The van der Waals surface area contributed by atoms with E-state index in [-0.39, 0.29) is 6.54 Å². The van der Waals surface area contributed by atoms with Gasteiger partial charge in [0.2, 0.25) is 0 Å². The Morgan fingerprint density at radius 1 is 1.32 bits per heavy atom. The number of rotatable bonds is 8. The van der Waals surface area contributed by atoms with Gasteiger partial charge in [0.25, 0.3) is 0 Å². The van der Waals surface area contributed by atoms with Gasteiger partial charge in [0, 0.05) is 6.54 Å². The SMILES string of the molecule is C=C/C=C\C=C\CN(C)CC(=O)O.CCCC(C)C. The van der Waals surface area contributed by atoms with Crippen LogP contribution in [0.3, 0.4) is 0 Å². The lowest BCUT2D eigenvalue weighted by Gasteiger charge is -2.09. The number of carboxylic acids is 1. The molecule has 0 heterocycles. The molecule has 0 unspecified atom stereocenters. The monoisotopic (exact) mass is 267 g/mol. The molecule has 0 aromatic rings. The summed E-state index contributed by atoms with van der Waals surface area (Å²) >= 11 is 0. The van der Waals surface area contributed by atoms with Crippen LogP contribution in [0, 0.1) is 5.92 Å². The molecular formula is C16H29NO2. The first-order chi connectivity index (χ1) is 8.93. The van der Waals surface area contributed by atoms with Gasteiger partial charge in [-0.3, -0.25) is 9.69 Å². The van der Waals surface area contributed by atoms with Crippen LogP contribution >= 0.6 is 0 Å². The molecule has 0 amide bonds. The predicted octanol–water partition coefficient (Wildman–Crippen LogP) is 3.74. The van der Waals surface area contributed by atoms with E-state index >= 15 is 0 Å². The van der Waals surface area contributed by atoms with Crippen LogP contribution in [-0.2, 0) is 4.79 Å². The fourth-order valence-electron chi connectivity index (χ4n) is 1.33. The summed E-state index contributed by atoms with van der Waals surface area (Å²) in [5, 5.41) is 8.43. The summed E-state index contributed by atoms with van der Waals surface area (Å²) < 4.78 is 0. The molecule has 0 saturated carbocycles. The van der Waals surface area contributed by atoms with Gasteiger partial charge >= 0.3 is 5.97 Å². The summed E-state index contributed by atoms with van der Waals surface area (Å²) in [5.74, 6) is 0.0903. The van der Waals surface area contributed by atoms with Gasteiger partial charge in [-0.05, 0) is 13.0 Å². The second kappa shape index (κ2) is 14.7. The normalized spacial score (nSPS) is 11.1. The molecular weight excluding hydrogens is 238 g/mol. The zero-order valence-corrected chi connectivity index (χ0v) is 12.8. The highest BCUT2D eigenvalue weighted by Gasteiger charge is 2.00. The number of nitrogens with zero attached hydrogens (tertiary/aromatic N) is 1. The minimum absolute atomic E-state index is 0.0650. The third kappa shape index (κ3) is 22.3. The molecule has 0 aliphatic carbocycles. The van der Waals surface area contributed by atoms with Crippen molar-refractivity contribution in [2.45, 2.75) is 33.6 Å². The lowest BCUT2D eigenvalue weighted by Crippen LogP contribution is -2.25. The van der Waals surface area contributed by atoms with Crippen molar-refractivity contribution in [2.24, 2.45) is 5.92 Å². The summed E-state index contributed by atoms with van der Waals surface area (Å²) in [6, 6.07) is 0. The molecule has 0 radical (unpaired) electrons. The maximum Gasteiger partial charge on any atom is 0.317 e. The fourth-order valence-corrected chi connectivity index (χ4v) is 1.33. The number of hydrogen-bond acceptors (Lipinski definition) is 2. The zero-order chi connectivity index (χ0) is 15.1. The predicted molar refractivity (Wildman–Crippen MR) is 83.4 cm³/mol. The third-order valence-corrected chi connectivity index (χ3v) is 2.18. The van der Waals surface area contributed by atoms with E-state index < -0.39 is 5.97 Å². The Morgan fingerprint density at radius 3 is 2.32 bits per heavy atom. The van der Waals surface area contributed by atoms with E-state index in [0.717, 1.165) is 5.92 Å². The van der Waals surface area contributed by atoms with Crippen molar-refractivity contribution in [2.75, 3.05) is 20.1 Å². The minimum Gasteiger partial charge on any atom is -0.480 e. The molecule has 0 atom stereocenters. The Hall–Kier alpha value is -1.35. The van der Waals surface area contributed by atoms with Gasteiger partial charge in [-0.2, -0.15) is 0 Å². The van der Waals surface area contributed by atoms with Gasteiger partial charge in [0.15, 0.2) is 0 Å². The van der Waals surface area contributed by atoms with Gasteiger partial charge in [0.05, 0.1) is 6.54 Å². The molecule has 0 rings (SSSR count). The molecule has 0 aliphatic heterocycles. The van der Waals surface area contributed by atoms with Gasteiger partial charge in [-0.1, -0.05) is 70.6 Å². The average molecular weight is 267 g/mol. The van der Waals surface area contributed by atoms with Gasteiger partial charge in [0.1, 0.15) is 0 Å². The molecule has 0 aromatic carbocycles. The molecule has 0 saturated heterocycles. The number of hydrogen-bond donors (Lipinski definition) is 1. The lowest BCUT2D eigenvalue weighted by atomic mass is 10.1. The molecule has 0 bridgehead atoms. The van der Waals surface area contributed by atoms with E-state index in [4.69, 9.17) is 5.11 Å². The Kier molecular flexibility index (Phi) is 15.5. The number of carboxylic acid groups (broad SMARTS) is 1. The van der Waals surface area contributed by atoms with Crippen molar-refractivity contribution in [3.05, 3.63) is 37.0 Å². The van der Waals surface area contributed by atoms with Crippen LogP contribution in [0.1, 0.15) is 33.6 Å². The second-order valence-electron chi connectivity index (χ2n) is 4.82. The third-order valence-electron chi connectivity index (χ3n) is 2.18. The number of carbonyl (C=O) groups is 1. The Morgan fingerprint density at radius 2 is 1.95 bits per heavy atom.